The number of furan rings is 1. The number of nitrogens with two attached hydrogens (primary N) is 1. The first-order valence-corrected chi connectivity index (χ1v) is 6.10. The third kappa shape index (κ3) is 2.71. The molecule has 2 N–H and O–H groups in total. The fourth-order valence-electron chi connectivity index (χ4n) is 2.03. The summed E-state index contributed by atoms with van der Waals surface area (Å²) in [5.41, 5.74) is 7.99. The normalized spacial score (nSPS) is 10.6. The molecule has 0 aromatic carbocycles. The van der Waals surface area contributed by atoms with E-state index in [1.807, 2.05) is 32.3 Å². The molecule has 4 heteroatoms. The molecule has 96 valence electrons. The SMILES string of the molecule is Cc1occc1CN(C)c1ncccc1CCN. The van der Waals surface area contributed by atoms with Gasteiger partial charge in [0.15, 0.2) is 0 Å². The Kier molecular flexibility index (Phi) is 3.99. The van der Waals surface area contributed by atoms with Crippen molar-refractivity contribution in [1.82, 2.24) is 4.98 Å². The zero-order chi connectivity index (χ0) is 13.0. The predicted molar refractivity (Wildman–Crippen MR) is 72.5 cm³/mol. The number of pyridine rings is 1. The number of hydrogen-bond acceptors (Lipinski definition) is 4. The maximum Gasteiger partial charge on any atom is 0.131 e. The molecular weight excluding hydrogens is 226 g/mol. The molecular formula is C14H19N3O. The van der Waals surface area contributed by atoms with Crippen LogP contribution in [0.15, 0.2) is 35.1 Å². The third-order valence-corrected chi connectivity index (χ3v) is 3.02. The molecule has 0 aliphatic heterocycles. The van der Waals surface area contributed by atoms with Crippen molar-refractivity contribution in [3.05, 3.63) is 47.5 Å². The Bertz CT molecular complexity index is 507. The highest BCUT2D eigenvalue weighted by molar-refractivity contribution is 5.46. The Labute approximate surface area is 107 Å². The van der Waals surface area contributed by atoms with Crippen LogP contribution in [-0.4, -0.2) is 18.6 Å². The highest BCUT2D eigenvalue weighted by Gasteiger charge is 2.10. The van der Waals surface area contributed by atoms with Gasteiger partial charge in [0, 0.05) is 25.4 Å². The summed E-state index contributed by atoms with van der Waals surface area (Å²) in [6, 6.07) is 6.02. The van der Waals surface area contributed by atoms with E-state index in [0.29, 0.717) is 6.54 Å². The van der Waals surface area contributed by atoms with Crippen molar-refractivity contribution < 1.29 is 4.42 Å². The number of anilines is 1. The first-order chi connectivity index (χ1) is 8.72. The first-order valence-electron chi connectivity index (χ1n) is 6.10. The van der Waals surface area contributed by atoms with Gasteiger partial charge >= 0.3 is 0 Å². The van der Waals surface area contributed by atoms with Gasteiger partial charge in [0.1, 0.15) is 11.6 Å². The van der Waals surface area contributed by atoms with Crippen molar-refractivity contribution in [3.8, 4) is 0 Å². The first kappa shape index (κ1) is 12.6. The smallest absolute Gasteiger partial charge is 0.131 e. The van der Waals surface area contributed by atoms with Crippen LogP contribution < -0.4 is 10.6 Å². The number of hydrogen-bond donors (Lipinski definition) is 1. The highest BCUT2D eigenvalue weighted by Crippen LogP contribution is 2.20. The van der Waals surface area contributed by atoms with Crippen LogP contribution in [0.1, 0.15) is 16.9 Å². The summed E-state index contributed by atoms with van der Waals surface area (Å²) in [7, 11) is 2.04. The minimum atomic E-state index is 0.636. The van der Waals surface area contributed by atoms with E-state index in [0.717, 1.165) is 24.5 Å². The minimum absolute atomic E-state index is 0.636. The van der Waals surface area contributed by atoms with Gasteiger partial charge < -0.3 is 15.1 Å². The molecule has 2 rings (SSSR count). The van der Waals surface area contributed by atoms with Crippen LogP contribution in [-0.2, 0) is 13.0 Å². The van der Waals surface area contributed by atoms with E-state index < -0.39 is 0 Å². The van der Waals surface area contributed by atoms with Gasteiger partial charge in [-0.25, -0.2) is 4.98 Å². The van der Waals surface area contributed by atoms with Crippen LogP contribution in [0.25, 0.3) is 0 Å². The monoisotopic (exact) mass is 245 g/mol. The van der Waals surface area contributed by atoms with E-state index in [1.54, 1.807) is 6.26 Å². The molecule has 0 saturated carbocycles. The van der Waals surface area contributed by atoms with Crippen LogP contribution in [0.2, 0.25) is 0 Å². The van der Waals surface area contributed by atoms with Crippen LogP contribution in [0.4, 0.5) is 5.82 Å². The van der Waals surface area contributed by atoms with Crippen molar-refractivity contribution in [2.45, 2.75) is 19.9 Å². The highest BCUT2D eigenvalue weighted by atomic mass is 16.3. The summed E-state index contributed by atoms with van der Waals surface area (Å²) < 4.78 is 5.31. The molecule has 0 saturated heterocycles. The molecule has 0 amide bonds. The van der Waals surface area contributed by atoms with Crippen molar-refractivity contribution >= 4 is 5.82 Å². The maximum absolute atomic E-state index is 5.63. The van der Waals surface area contributed by atoms with Gasteiger partial charge in [-0.2, -0.15) is 0 Å². The predicted octanol–water partition coefficient (Wildman–Crippen LogP) is 2.12. The number of rotatable bonds is 5. The second-order valence-corrected chi connectivity index (χ2v) is 4.38. The van der Waals surface area contributed by atoms with E-state index in [-0.39, 0.29) is 0 Å². The Balaban J connectivity index is 2.18. The average Bonchev–Trinajstić information content (AvgIpc) is 2.76. The van der Waals surface area contributed by atoms with E-state index in [2.05, 4.69) is 16.0 Å². The van der Waals surface area contributed by atoms with E-state index in [9.17, 15) is 0 Å². The standard InChI is InChI=1S/C14H19N3O/c1-11-13(6-9-18-11)10-17(2)14-12(5-7-15)4-3-8-16-14/h3-4,6,8-9H,5,7,10,15H2,1-2H3. The molecule has 2 heterocycles. The minimum Gasteiger partial charge on any atom is -0.469 e. The fraction of sp³-hybridized carbons (Fsp3) is 0.357. The van der Waals surface area contributed by atoms with Gasteiger partial charge in [-0.1, -0.05) is 6.07 Å². The average molecular weight is 245 g/mol. The molecule has 0 fully saturated rings. The molecule has 0 spiro atoms. The van der Waals surface area contributed by atoms with Gasteiger partial charge in [0.25, 0.3) is 0 Å². The lowest BCUT2D eigenvalue weighted by molar-refractivity contribution is 0.529. The number of aromatic nitrogens is 1. The second kappa shape index (κ2) is 5.69. The lowest BCUT2D eigenvalue weighted by Gasteiger charge is -2.20. The fourth-order valence-corrected chi connectivity index (χ4v) is 2.03. The van der Waals surface area contributed by atoms with Crippen molar-refractivity contribution in [2.75, 3.05) is 18.5 Å². The Hall–Kier alpha value is -1.81. The van der Waals surface area contributed by atoms with Gasteiger partial charge in [0.2, 0.25) is 0 Å². The van der Waals surface area contributed by atoms with Crippen LogP contribution in [0, 0.1) is 6.92 Å². The Morgan fingerprint density at radius 2 is 2.17 bits per heavy atom. The molecule has 0 unspecified atom stereocenters. The zero-order valence-corrected chi connectivity index (χ0v) is 10.9. The van der Waals surface area contributed by atoms with Gasteiger partial charge in [-0.3, -0.25) is 0 Å². The molecule has 0 aliphatic rings. The van der Waals surface area contributed by atoms with Crippen molar-refractivity contribution in [3.63, 3.8) is 0 Å². The van der Waals surface area contributed by atoms with E-state index in [1.165, 1.54) is 11.1 Å². The summed E-state index contributed by atoms with van der Waals surface area (Å²) in [6.45, 7) is 3.40. The molecule has 2 aromatic rings. The lowest BCUT2D eigenvalue weighted by Crippen LogP contribution is -2.20. The molecule has 18 heavy (non-hydrogen) atoms. The van der Waals surface area contributed by atoms with Gasteiger partial charge in [-0.05, 0) is 37.6 Å². The van der Waals surface area contributed by atoms with Crippen LogP contribution >= 0.6 is 0 Å². The molecule has 4 nitrogen and oxygen atoms in total. The molecule has 0 bridgehead atoms. The summed E-state index contributed by atoms with van der Waals surface area (Å²) in [6.07, 6.45) is 4.38. The summed E-state index contributed by atoms with van der Waals surface area (Å²) >= 11 is 0. The summed E-state index contributed by atoms with van der Waals surface area (Å²) in [5.74, 6) is 1.95. The Morgan fingerprint density at radius 1 is 1.33 bits per heavy atom. The van der Waals surface area contributed by atoms with Gasteiger partial charge in [-0.15, -0.1) is 0 Å². The van der Waals surface area contributed by atoms with Crippen LogP contribution in [0.5, 0.6) is 0 Å². The summed E-state index contributed by atoms with van der Waals surface area (Å²) in [4.78, 5) is 6.58. The zero-order valence-electron chi connectivity index (χ0n) is 10.9. The van der Waals surface area contributed by atoms with E-state index >= 15 is 0 Å². The topological polar surface area (TPSA) is 55.3 Å². The molecule has 0 atom stereocenters. The quantitative estimate of drug-likeness (QED) is 0.876. The molecule has 0 radical (unpaired) electrons. The van der Waals surface area contributed by atoms with Gasteiger partial charge in [0.05, 0.1) is 6.26 Å². The van der Waals surface area contributed by atoms with Crippen molar-refractivity contribution in [2.24, 2.45) is 5.73 Å². The largest absolute Gasteiger partial charge is 0.469 e. The second-order valence-electron chi connectivity index (χ2n) is 4.38. The van der Waals surface area contributed by atoms with Crippen LogP contribution in [0.3, 0.4) is 0 Å². The Morgan fingerprint density at radius 3 is 2.83 bits per heavy atom. The summed E-state index contributed by atoms with van der Waals surface area (Å²) in [5, 5.41) is 0. The number of nitrogens with zero attached hydrogens (tertiary/aromatic N) is 2. The third-order valence-electron chi connectivity index (χ3n) is 3.02. The van der Waals surface area contributed by atoms with E-state index in [4.69, 9.17) is 10.2 Å². The number of aryl methyl sites for hydroxylation is 1. The molecule has 2 aromatic heterocycles. The molecule has 0 aliphatic carbocycles. The maximum atomic E-state index is 5.63. The van der Waals surface area contributed by atoms with Crippen molar-refractivity contribution in [1.29, 1.82) is 0 Å². The lowest BCUT2D eigenvalue weighted by atomic mass is 10.1.